The van der Waals surface area contributed by atoms with Gasteiger partial charge in [-0.15, -0.1) is 0 Å². The third-order valence-corrected chi connectivity index (χ3v) is 3.69. The van der Waals surface area contributed by atoms with E-state index in [1.54, 1.807) is 44.2 Å². The summed E-state index contributed by atoms with van der Waals surface area (Å²) in [5, 5.41) is 12.1. The fraction of sp³-hybridized carbons (Fsp3) is 0.353. The molecule has 0 fully saturated rings. The highest BCUT2D eigenvalue weighted by molar-refractivity contribution is 6.04. The molecule has 1 atom stereocenters. The Balaban J connectivity index is 2.31. The predicted octanol–water partition coefficient (Wildman–Crippen LogP) is 2.62. The molecule has 0 radical (unpaired) electrons. The topological polar surface area (TPSA) is 70.0 Å². The summed E-state index contributed by atoms with van der Waals surface area (Å²) in [5.74, 6) is -0.381. The molecule has 1 unspecified atom stereocenters. The summed E-state index contributed by atoms with van der Waals surface area (Å²) in [6, 6.07) is 10.8. The first kappa shape index (κ1) is 15.0. The van der Waals surface area contributed by atoms with Crippen LogP contribution >= 0.6 is 0 Å². The molecule has 1 aliphatic rings. The maximum absolute atomic E-state index is 12.3. The molecular weight excluding hydrogens is 264 g/mol. The number of carbonyl (C=O) groups excluding carboxylic acids is 2. The van der Waals surface area contributed by atoms with E-state index < -0.39 is 11.0 Å². The lowest BCUT2D eigenvalue weighted by Crippen LogP contribution is -2.51. The van der Waals surface area contributed by atoms with E-state index >= 15 is 0 Å². The smallest absolute Gasteiger partial charge is 0.251 e. The second-order valence-electron chi connectivity index (χ2n) is 6.30. The minimum Gasteiger partial charge on any atom is -0.343 e. The van der Waals surface area contributed by atoms with E-state index in [1.807, 2.05) is 19.1 Å². The number of amides is 1. The second kappa shape index (κ2) is 5.17. The fourth-order valence-corrected chi connectivity index (χ4v) is 2.88. The van der Waals surface area contributed by atoms with E-state index in [9.17, 15) is 9.59 Å². The second-order valence-corrected chi connectivity index (χ2v) is 6.30. The van der Waals surface area contributed by atoms with Gasteiger partial charge in [0.25, 0.3) is 5.91 Å². The van der Waals surface area contributed by atoms with Gasteiger partial charge in [0, 0.05) is 11.0 Å². The Morgan fingerprint density at radius 3 is 2.43 bits per heavy atom. The Labute approximate surface area is 124 Å². The first-order valence-electron chi connectivity index (χ1n) is 6.83. The van der Waals surface area contributed by atoms with Gasteiger partial charge in [-0.05, 0) is 31.6 Å². The van der Waals surface area contributed by atoms with Crippen molar-refractivity contribution >= 4 is 11.7 Å². The quantitative estimate of drug-likeness (QED) is 0.906. The highest BCUT2D eigenvalue weighted by atomic mass is 16.2. The Hall–Kier alpha value is -2.41. The van der Waals surface area contributed by atoms with Gasteiger partial charge in [0.15, 0.2) is 5.78 Å². The Morgan fingerprint density at radius 1 is 1.24 bits per heavy atom. The molecular formula is C17H18N2O2. The van der Waals surface area contributed by atoms with Crippen LogP contribution in [-0.4, -0.2) is 17.2 Å². The summed E-state index contributed by atoms with van der Waals surface area (Å²) in [7, 11) is 0. The lowest BCUT2D eigenvalue weighted by molar-refractivity contribution is -0.124. The van der Waals surface area contributed by atoms with Crippen molar-refractivity contribution in [2.24, 2.45) is 5.41 Å². The van der Waals surface area contributed by atoms with Gasteiger partial charge in [0.2, 0.25) is 0 Å². The molecule has 1 aromatic carbocycles. The number of rotatable bonds is 2. The van der Waals surface area contributed by atoms with E-state index in [0.29, 0.717) is 12.0 Å². The molecule has 0 spiro atoms. The summed E-state index contributed by atoms with van der Waals surface area (Å²) in [5.41, 5.74) is -0.712. The molecule has 0 aliphatic heterocycles. The fourth-order valence-electron chi connectivity index (χ4n) is 2.88. The number of ketones is 1. The minimum absolute atomic E-state index is 0.113. The summed E-state index contributed by atoms with van der Waals surface area (Å²) in [6.07, 6.45) is 2.03. The van der Waals surface area contributed by atoms with Crippen molar-refractivity contribution in [2.45, 2.75) is 32.7 Å². The maximum atomic E-state index is 12.3. The highest BCUT2D eigenvalue weighted by Gasteiger charge is 2.43. The molecule has 1 aliphatic carbocycles. The van der Waals surface area contributed by atoms with Gasteiger partial charge in [0.05, 0.1) is 11.1 Å². The molecule has 1 aromatic rings. The van der Waals surface area contributed by atoms with Crippen LogP contribution in [-0.2, 0) is 4.79 Å². The van der Waals surface area contributed by atoms with Gasteiger partial charge in [-0.1, -0.05) is 32.0 Å². The maximum Gasteiger partial charge on any atom is 0.251 e. The van der Waals surface area contributed by atoms with Crippen molar-refractivity contribution < 1.29 is 9.59 Å². The zero-order valence-corrected chi connectivity index (χ0v) is 12.4. The van der Waals surface area contributed by atoms with Crippen LogP contribution in [0.1, 0.15) is 37.6 Å². The number of hydrogen-bond donors (Lipinski definition) is 1. The number of hydrogen-bond acceptors (Lipinski definition) is 3. The largest absolute Gasteiger partial charge is 0.343 e. The third kappa shape index (κ3) is 3.03. The number of carbonyl (C=O) groups is 2. The molecule has 0 aromatic heterocycles. The molecule has 0 saturated carbocycles. The number of allylic oxidation sites excluding steroid dienone is 1. The van der Waals surface area contributed by atoms with Gasteiger partial charge in [-0.3, -0.25) is 9.59 Å². The van der Waals surface area contributed by atoms with Crippen LogP contribution in [0.25, 0.3) is 0 Å². The van der Waals surface area contributed by atoms with E-state index in [0.717, 1.165) is 0 Å². The van der Waals surface area contributed by atoms with Crippen LogP contribution in [0.2, 0.25) is 0 Å². The normalized spacial score (nSPS) is 23.9. The van der Waals surface area contributed by atoms with Crippen molar-refractivity contribution in [3.63, 3.8) is 0 Å². The van der Waals surface area contributed by atoms with Crippen LogP contribution in [0.5, 0.6) is 0 Å². The van der Waals surface area contributed by atoms with Crippen molar-refractivity contribution in [3.05, 3.63) is 47.5 Å². The minimum atomic E-state index is -0.713. The first-order chi connectivity index (χ1) is 9.77. The SMILES string of the molecule is CC1(NC(=O)c2ccccc2)C=C(C#N)C(=O)C(C)(C)C1. The van der Waals surface area contributed by atoms with Crippen LogP contribution < -0.4 is 5.32 Å². The zero-order valence-electron chi connectivity index (χ0n) is 12.4. The number of Topliss-reactive ketones (excluding diaryl/α,β-unsaturated/α-hetero) is 1. The molecule has 4 nitrogen and oxygen atoms in total. The van der Waals surface area contributed by atoms with Gasteiger partial charge in [0.1, 0.15) is 6.07 Å². The molecule has 1 amide bonds. The number of benzene rings is 1. The molecule has 0 bridgehead atoms. The Bertz CT molecular complexity index is 653. The van der Waals surface area contributed by atoms with Gasteiger partial charge < -0.3 is 5.32 Å². The summed E-state index contributed by atoms with van der Waals surface area (Å²) < 4.78 is 0. The monoisotopic (exact) mass is 282 g/mol. The van der Waals surface area contributed by atoms with Gasteiger partial charge >= 0.3 is 0 Å². The van der Waals surface area contributed by atoms with Crippen LogP contribution in [0.15, 0.2) is 42.0 Å². The summed E-state index contributed by atoms with van der Waals surface area (Å²) in [6.45, 7) is 5.43. The average Bonchev–Trinajstić information content (AvgIpc) is 2.43. The van der Waals surface area contributed by atoms with Crippen molar-refractivity contribution in [1.29, 1.82) is 5.26 Å². The molecule has 108 valence electrons. The van der Waals surface area contributed by atoms with E-state index in [1.165, 1.54) is 0 Å². The standard InChI is InChI=1S/C17H18N2O2/c1-16(2)11-17(3,9-13(10-18)14(16)20)19-15(21)12-7-5-4-6-8-12/h4-9H,11H2,1-3H3,(H,19,21). The molecule has 1 N–H and O–H groups in total. The van der Waals surface area contributed by atoms with E-state index in [-0.39, 0.29) is 17.3 Å². The molecule has 2 rings (SSSR count). The van der Waals surface area contributed by atoms with Crippen LogP contribution in [0, 0.1) is 16.7 Å². The number of nitrogens with zero attached hydrogens (tertiary/aromatic N) is 1. The lowest BCUT2D eigenvalue weighted by Gasteiger charge is -2.39. The average molecular weight is 282 g/mol. The molecule has 0 saturated heterocycles. The molecule has 21 heavy (non-hydrogen) atoms. The molecule has 4 heteroatoms. The van der Waals surface area contributed by atoms with Gasteiger partial charge in [-0.2, -0.15) is 5.26 Å². The van der Waals surface area contributed by atoms with Crippen molar-refractivity contribution in [1.82, 2.24) is 5.32 Å². The predicted molar refractivity (Wildman–Crippen MR) is 79.4 cm³/mol. The highest BCUT2D eigenvalue weighted by Crippen LogP contribution is 2.37. The number of nitrogens with one attached hydrogen (secondary N) is 1. The van der Waals surface area contributed by atoms with Crippen LogP contribution in [0.3, 0.4) is 0 Å². The van der Waals surface area contributed by atoms with Crippen LogP contribution in [0.4, 0.5) is 0 Å². The van der Waals surface area contributed by atoms with E-state index in [4.69, 9.17) is 5.26 Å². The zero-order chi connectivity index (χ0) is 15.7. The van der Waals surface area contributed by atoms with Crippen molar-refractivity contribution in [3.8, 4) is 6.07 Å². The first-order valence-corrected chi connectivity index (χ1v) is 6.83. The summed E-state index contributed by atoms with van der Waals surface area (Å²) in [4.78, 5) is 24.4. The lowest BCUT2D eigenvalue weighted by atomic mass is 9.69. The Morgan fingerprint density at radius 2 is 1.86 bits per heavy atom. The van der Waals surface area contributed by atoms with Crippen molar-refractivity contribution in [2.75, 3.05) is 0 Å². The molecule has 0 heterocycles. The van der Waals surface area contributed by atoms with E-state index in [2.05, 4.69) is 5.32 Å². The summed E-state index contributed by atoms with van der Waals surface area (Å²) >= 11 is 0. The Kier molecular flexibility index (Phi) is 3.69. The van der Waals surface area contributed by atoms with Gasteiger partial charge in [-0.25, -0.2) is 0 Å². The number of nitriles is 1. The third-order valence-electron chi connectivity index (χ3n) is 3.69.